The number of nitro benzene ring substituents is 1. The molecule has 1 aliphatic rings. The molecule has 0 radical (unpaired) electrons. The number of hydrogen-bond acceptors (Lipinski definition) is 5. The van der Waals surface area contributed by atoms with E-state index in [4.69, 9.17) is 0 Å². The highest BCUT2D eigenvalue weighted by Gasteiger charge is 2.18. The second-order valence-electron chi connectivity index (χ2n) is 4.10. The van der Waals surface area contributed by atoms with Crippen molar-refractivity contribution in [3.05, 3.63) is 33.9 Å². The predicted octanol–water partition coefficient (Wildman–Crippen LogP) is 0.706. The van der Waals surface area contributed by atoms with Gasteiger partial charge in [0.1, 0.15) is 5.75 Å². The van der Waals surface area contributed by atoms with Crippen molar-refractivity contribution in [2.45, 2.75) is 6.54 Å². The first-order valence-electron chi connectivity index (χ1n) is 5.56. The number of phenolic OH excluding ortho intramolecular Hbond substituents is 1. The molecule has 0 unspecified atom stereocenters. The Balaban J connectivity index is 2.17. The maximum absolute atomic E-state index is 10.9. The van der Waals surface area contributed by atoms with Gasteiger partial charge < -0.3 is 10.4 Å². The van der Waals surface area contributed by atoms with Crippen molar-refractivity contribution in [1.29, 1.82) is 0 Å². The Labute approximate surface area is 99.0 Å². The Morgan fingerprint density at radius 2 is 2.12 bits per heavy atom. The van der Waals surface area contributed by atoms with Crippen molar-refractivity contribution in [3.63, 3.8) is 0 Å². The number of aromatic hydroxyl groups is 1. The van der Waals surface area contributed by atoms with Crippen molar-refractivity contribution in [2.24, 2.45) is 0 Å². The van der Waals surface area contributed by atoms with Gasteiger partial charge in [-0.15, -0.1) is 0 Å². The summed E-state index contributed by atoms with van der Waals surface area (Å²) in [6.45, 7) is 4.03. The minimum atomic E-state index is -0.406. The topological polar surface area (TPSA) is 78.6 Å². The molecule has 1 aromatic rings. The molecule has 1 aliphatic heterocycles. The lowest BCUT2D eigenvalue weighted by Gasteiger charge is -2.27. The third-order valence-electron chi connectivity index (χ3n) is 2.86. The van der Waals surface area contributed by atoms with Gasteiger partial charge in [0.05, 0.1) is 4.92 Å². The lowest BCUT2D eigenvalue weighted by atomic mass is 10.1. The van der Waals surface area contributed by atoms with Crippen LogP contribution in [0, 0.1) is 10.1 Å². The summed E-state index contributed by atoms with van der Waals surface area (Å²) >= 11 is 0. The Bertz CT molecular complexity index is 416. The molecule has 0 aromatic heterocycles. The average Bonchev–Trinajstić information content (AvgIpc) is 2.30. The van der Waals surface area contributed by atoms with Crippen LogP contribution in [0.3, 0.4) is 0 Å². The molecule has 17 heavy (non-hydrogen) atoms. The van der Waals surface area contributed by atoms with E-state index in [1.165, 1.54) is 18.2 Å². The monoisotopic (exact) mass is 237 g/mol. The number of nitrogens with one attached hydrogen (secondary N) is 1. The number of rotatable bonds is 3. The Kier molecular flexibility index (Phi) is 3.55. The fourth-order valence-electron chi connectivity index (χ4n) is 1.99. The molecular formula is C11H15N3O3. The predicted molar refractivity (Wildman–Crippen MR) is 62.9 cm³/mol. The van der Waals surface area contributed by atoms with Crippen LogP contribution < -0.4 is 5.32 Å². The molecular weight excluding hydrogens is 222 g/mol. The molecule has 0 spiro atoms. The smallest absolute Gasteiger partial charge is 0.274 e. The highest BCUT2D eigenvalue weighted by atomic mass is 16.6. The number of piperazine rings is 1. The summed E-state index contributed by atoms with van der Waals surface area (Å²) in [5, 5.41) is 23.5. The van der Waals surface area contributed by atoms with Crippen LogP contribution in [0.25, 0.3) is 0 Å². The van der Waals surface area contributed by atoms with E-state index in [-0.39, 0.29) is 11.4 Å². The Morgan fingerprint density at radius 3 is 2.76 bits per heavy atom. The number of hydrogen-bond donors (Lipinski definition) is 2. The maximum atomic E-state index is 10.9. The van der Waals surface area contributed by atoms with Crippen LogP contribution in [0.1, 0.15) is 5.56 Å². The van der Waals surface area contributed by atoms with Crippen LogP contribution in [-0.2, 0) is 6.54 Å². The van der Waals surface area contributed by atoms with Gasteiger partial charge in [0, 0.05) is 44.4 Å². The number of nitro groups is 1. The molecule has 1 fully saturated rings. The summed E-state index contributed by atoms with van der Waals surface area (Å²) in [7, 11) is 0. The van der Waals surface area contributed by atoms with Crippen LogP contribution in [0.2, 0.25) is 0 Å². The van der Waals surface area contributed by atoms with Crippen LogP contribution in [0.15, 0.2) is 18.2 Å². The highest BCUT2D eigenvalue weighted by Crippen LogP contribution is 2.24. The van der Waals surface area contributed by atoms with Crippen molar-refractivity contribution in [2.75, 3.05) is 26.2 Å². The summed E-state index contributed by atoms with van der Waals surface area (Å²) in [6, 6.07) is 4.17. The second kappa shape index (κ2) is 5.11. The van der Waals surface area contributed by atoms with Gasteiger partial charge >= 0.3 is 0 Å². The summed E-state index contributed by atoms with van der Waals surface area (Å²) < 4.78 is 0. The molecule has 0 bridgehead atoms. The third-order valence-corrected chi connectivity index (χ3v) is 2.86. The third kappa shape index (κ3) is 2.92. The minimum absolute atomic E-state index is 0.0701. The van der Waals surface area contributed by atoms with Gasteiger partial charge in [-0.1, -0.05) is 0 Å². The molecule has 1 heterocycles. The molecule has 2 N–H and O–H groups in total. The van der Waals surface area contributed by atoms with Gasteiger partial charge in [0.25, 0.3) is 5.69 Å². The van der Waals surface area contributed by atoms with E-state index < -0.39 is 4.92 Å². The van der Waals surface area contributed by atoms with E-state index in [1.54, 1.807) is 0 Å². The van der Waals surface area contributed by atoms with Crippen LogP contribution in [0.5, 0.6) is 5.75 Å². The van der Waals surface area contributed by atoms with E-state index in [0.717, 1.165) is 26.2 Å². The molecule has 6 nitrogen and oxygen atoms in total. The molecule has 0 aliphatic carbocycles. The fourth-order valence-corrected chi connectivity index (χ4v) is 1.99. The number of nitrogens with zero attached hydrogens (tertiary/aromatic N) is 2. The molecule has 0 atom stereocenters. The van der Waals surface area contributed by atoms with Crippen LogP contribution >= 0.6 is 0 Å². The van der Waals surface area contributed by atoms with Gasteiger partial charge in [-0.3, -0.25) is 15.0 Å². The summed E-state index contributed by atoms with van der Waals surface area (Å²) in [6.07, 6.45) is 0. The second-order valence-corrected chi connectivity index (χ2v) is 4.10. The zero-order chi connectivity index (χ0) is 12.3. The van der Waals surface area contributed by atoms with Gasteiger partial charge in [-0.05, 0) is 12.1 Å². The molecule has 2 rings (SSSR count). The van der Waals surface area contributed by atoms with E-state index >= 15 is 0 Å². The normalized spacial score (nSPS) is 16.9. The van der Waals surface area contributed by atoms with Crippen molar-refractivity contribution < 1.29 is 10.0 Å². The molecule has 1 aromatic carbocycles. The maximum Gasteiger partial charge on any atom is 0.274 e. The fraction of sp³-hybridized carbons (Fsp3) is 0.455. The van der Waals surface area contributed by atoms with Crippen molar-refractivity contribution >= 4 is 5.69 Å². The molecule has 92 valence electrons. The van der Waals surface area contributed by atoms with Gasteiger partial charge in [0.15, 0.2) is 0 Å². The average molecular weight is 237 g/mol. The first-order valence-corrected chi connectivity index (χ1v) is 5.56. The zero-order valence-corrected chi connectivity index (χ0v) is 9.43. The Hall–Kier alpha value is -1.66. The number of phenols is 1. The van der Waals surface area contributed by atoms with E-state index in [1.807, 2.05) is 0 Å². The van der Waals surface area contributed by atoms with Gasteiger partial charge in [0.2, 0.25) is 0 Å². The number of benzene rings is 1. The lowest BCUT2D eigenvalue weighted by Crippen LogP contribution is -2.42. The van der Waals surface area contributed by atoms with Crippen LogP contribution in [0.4, 0.5) is 5.69 Å². The lowest BCUT2D eigenvalue weighted by molar-refractivity contribution is -0.385. The molecule has 6 heteroatoms. The Morgan fingerprint density at radius 1 is 1.41 bits per heavy atom. The zero-order valence-electron chi connectivity index (χ0n) is 9.43. The van der Waals surface area contributed by atoms with Crippen LogP contribution in [-0.4, -0.2) is 41.1 Å². The molecule has 0 saturated carbocycles. The SMILES string of the molecule is O=[N+]([O-])c1ccc(O)cc1CN1CCNCC1. The quantitative estimate of drug-likeness (QED) is 0.597. The largest absolute Gasteiger partial charge is 0.508 e. The van der Waals surface area contributed by atoms with E-state index in [9.17, 15) is 15.2 Å². The minimum Gasteiger partial charge on any atom is -0.508 e. The standard InChI is InChI=1S/C11H15N3O3/c15-10-1-2-11(14(16)17)9(7-10)8-13-5-3-12-4-6-13/h1-2,7,12,15H,3-6,8H2. The van der Waals surface area contributed by atoms with E-state index in [0.29, 0.717) is 12.1 Å². The summed E-state index contributed by atoms with van der Waals surface area (Å²) in [5.74, 6) is 0.0701. The van der Waals surface area contributed by atoms with Crippen molar-refractivity contribution in [1.82, 2.24) is 10.2 Å². The molecule has 0 amide bonds. The molecule has 1 saturated heterocycles. The van der Waals surface area contributed by atoms with E-state index in [2.05, 4.69) is 10.2 Å². The summed E-state index contributed by atoms with van der Waals surface area (Å²) in [4.78, 5) is 12.6. The van der Waals surface area contributed by atoms with Gasteiger partial charge in [-0.25, -0.2) is 0 Å². The highest BCUT2D eigenvalue weighted by molar-refractivity contribution is 5.44. The first kappa shape index (κ1) is 11.8. The van der Waals surface area contributed by atoms with Gasteiger partial charge in [-0.2, -0.15) is 0 Å². The summed E-state index contributed by atoms with van der Waals surface area (Å²) in [5.41, 5.74) is 0.637. The first-order chi connectivity index (χ1) is 8.16. The van der Waals surface area contributed by atoms with Crippen molar-refractivity contribution in [3.8, 4) is 5.75 Å².